The maximum Gasteiger partial charge on any atom is 0.304 e. The molecule has 0 rings (SSSR count). The summed E-state index contributed by atoms with van der Waals surface area (Å²) in [7, 11) is -3.79. The maximum absolute atomic E-state index is 10.3. The molecule has 60 valence electrons. The van der Waals surface area contributed by atoms with E-state index in [0.29, 0.717) is 0 Å². The fourth-order valence-corrected chi connectivity index (χ4v) is 0.802. The minimum atomic E-state index is -3.79. The van der Waals surface area contributed by atoms with Gasteiger partial charge in [-0.2, -0.15) is 0 Å². The number of nitrogens with one attached hydrogen (secondary N) is 1. The molecule has 0 aliphatic rings. The Balaban J connectivity index is 3.81. The standard InChI is InChI=1S/C3H7NO5S/c5-3(6)1-2-10(8,9)4-7/h4,7H,1-2H2,(H,5,6). The molecule has 0 unspecified atom stereocenters. The maximum atomic E-state index is 10.3. The van der Waals surface area contributed by atoms with Crippen LogP contribution in [0, 0.1) is 0 Å². The summed E-state index contributed by atoms with van der Waals surface area (Å²) in [6.07, 6.45) is -0.518. The van der Waals surface area contributed by atoms with Crippen LogP contribution < -0.4 is 4.89 Å². The highest BCUT2D eigenvalue weighted by molar-refractivity contribution is 7.89. The van der Waals surface area contributed by atoms with Gasteiger partial charge in [0.15, 0.2) is 0 Å². The summed E-state index contributed by atoms with van der Waals surface area (Å²) in [6, 6.07) is 0. The molecule has 0 bridgehead atoms. The zero-order chi connectivity index (χ0) is 8.20. The summed E-state index contributed by atoms with van der Waals surface area (Å²) in [6.45, 7) is 0. The number of carbonyl (C=O) groups is 1. The molecule has 0 spiro atoms. The normalized spacial score (nSPS) is 11.3. The Bertz CT molecular complexity index is 207. The number of aliphatic carboxylic acids is 1. The number of hydrogen-bond donors (Lipinski definition) is 3. The molecule has 0 aliphatic carbocycles. The molecule has 0 fully saturated rings. The van der Waals surface area contributed by atoms with E-state index < -0.39 is 28.2 Å². The lowest BCUT2D eigenvalue weighted by Gasteiger charge is -1.95. The van der Waals surface area contributed by atoms with E-state index in [-0.39, 0.29) is 0 Å². The molecule has 10 heavy (non-hydrogen) atoms. The first-order valence-electron chi connectivity index (χ1n) is 2.33. The molecule has 6 nitrogen and oxygen atoms in total. The minimum absolute atomic E-state index is 0.518. The lowest BCUT2D eigenvalue weighted by Crippen LogP contribution is -2.23. The van der Waals surface area contributed by atoms with E-state index in [1.54, 1.807) is 0 Å². The Morgan fingerprint density at radius 1 is 1.50 bits per heavy atom. The van der Waals surface area contributed by atoms with Gasteiger partial charge in [-0.15, -0.1) is 0 Å². The van der Waals surface area contributed by atoms with Crippen molar-refractivity contribution < 1.29 is 23.5 Å². The first-order valence-corrected chi connectivity index (χ1v) is 3.98. The third-order valence-corrected chi connectivity index (χ3v) is 1.74. The second-order valence-electron chi connectivity index (χ2n) is 1.55. The number of carboxylic acids is 1. The molecule has 0 radical (unpaired) electrons. The van der Waals surface area contributed by atoms with Gasteiger partial charge in [0.05, 0.1) is 12.2 Å². The first kappa shape index (κ1) is 9.34. The van der Waals surface area contributed by atoms with Crippen molar-refractivity contribution in [2.75, 3.05) is 5.75 Å². The molecule has 0 aromatic rings. The number of sulfonamides is 1. The molecule has 7 heteroatoms. The molecule has 0 amide bonds. The zero-order valence-corrected chi connectivity index (χ0v) is 5.76. The van der Waals surface area contributed by atoms with E-state index in [4.69, 9.17) is 10.3 Å². The SMILES string of the molecule is O=C(O)CCS(=O)(=O)NO. The van der Waals surface area contributed by atoms with E-state index in [1.807, 2.05) is 0 Å². The molecule has 0 saturated carbocycles. The number of carboxylic acid groups (broad SMARTS) is 1. The molecular weight excluding hydrogens is 162 g/mol. The van der Waals surface area contributed by atoms with Crippen LogP contribution in [-0.4, -0.2) is 30.5 Å². The van der Waals surface area contributed by atoms with Crippen molar-refractivity contribution in [1.29, 1.82) is 0 Å². The quantitative estimate of drug-likeness (QED) is 0.457. The topological polar surface area (TPSA) is 104 Å². The van der Waals surface area contributed by atoms with Crippen LogP contribution in [0.2, 0.25) is 0 Å². The van der Waals surface area contributed by atoms with E-state index in [9.17, 15) is 13.2 Å². The Morgan fingerprint density at radius 3 is 2.30 bits per heavy atom. The Labute approximate surface area is 57.5 Å². The van der Waals surface area contributed by atoms with E-state index in [0.717, 1.165) is 4.89 Å². The molecule has 0 aliphatic heterocycles. The Morgan fingerprint density at radius 2 is 2.00 bits per heavy atom. The third-order valence-electron chi connectivity index (χ3n) is 0.724. The Kier molecular flexibility index (Phi) is 3.26. The van der Waals surface area contributed by atoms with Crippen LogP contribution >= 0.6 is 0 Å². The predicted octanol–water partition coefficient (Wildman–Crippen LogP) is -1.23. The molecule has 0 heterocycles. The van der Waals surface area contributed by atoms with Crippen LogP contribution in [0.3, 0.4) is 0 Å². The summed E-state index contributed by atoms with van der Waals surface area (Å²) in [5, 5.41) is 15.9. The van der Waals surface area contributed by atoms with Crippen molar-refractivity contribution in [3.8, 4) is 0 Å². The minimum Gasteiger partial charge on any atom is -0.481 e. The highest BCUT2D eigenvalue weighted by Gasteiger charge is 2.09. The van der Waals surface area contributed by atoms with Gasteiger partial charge in [-0.25, -0.2) is 8.42 Å². The lowest BCUT2D eigenvalue weighted by atomic mass is 10.5. The van der Waals surface area contributed by atoms with E-state index in [2.05, 4.69) is 0 Å². The van der Waals surface area contributed by atoms with Gasteiger partial charge in [-0.1, -0.05) is 4.89 Å². The molecule has 0 saturated heterocycles. The Hall–Kier alpha value is -0.660. The number of rotatable bonds is 4. The van der Waals surface area contributed by atoms with Crippen LogP contribution in [0.4, 0.5) is 0 Å². The summed E-state index contributed by atoms with van der Waals surface area (Å²) >= 11 is 0. The second kappa shape index (κ2) is 3.49. The van der Waals surface area contributed by atoms with E-state index in [1.165, 1.54) is 0 Å². The fraction of sp³-hybridized carbons (Fsp3) is 0.667. The zero-order valence-electron chi connectivity index (χ0n) is 4.94. The average Bonchev–Trinajstić information content (AvgIpc) is 1.85. The van der Waals surface area contributed by atoms with Crippen molar-refractivity contribution in [2.24, 2.45) is 0 Å². The third kappa shape index (κ3) is 4.24. The smallest absolute Gasteiger partial charge is 0.304 e. The van der Waals surface area contributed by atoms with Gasteiger partial charge in [0.25, 0.3) is 0 Å². The van der Waals surface area contributed by atoms with Crippen LogP contribution in [0.5, 0.6) is 0 Å². The summed E-state index contributed by atoms with van der Waals surface area (Å²) in [5.41, 5.74) is 0. The van der Waals surface area contributed by atoms with Gasteiger partial charge >= 0.3 is 5.97 Å². The summed E-state index contributed by atoms with van der Waals surface area (Å²) < 4.78 is 20.6. The van der Waals surface area contributed by atoms with Crippen molar-refractivity contribution >= 4 is 16.0 Å². The van der Waals surface area contributed by atoms with Crippen molar-refractivity contribution in [3.63, 3.8) is 0 Å². The highest BCUT2D eigenvalue weighted by atomic mass is 32.2. The second-order valence-corrected chi connectivity index (χ2v) is 3.37. The van der Waals surface area contributed by atoms with Gasteiger partial charge in [0, 0.05) is 0 Å². The van der Waals surface area contributed by atoms with Crippen molar-refractivity contribution in [1.82, 2.24) is 4.89 Å². The summed E-state index contributed by atoms with van der Waals surface area (Å²) in [5.74, 6) is -1.84. The summed E-state index contributed by atoms with van der Waals surface area (Å²) in [4.78, 5) is 10.8. The van der Waals surface area contributed by atoms with Crippen molar-refractivity contribution in [2.45, 2.75) is 6.42 Å². The monoisotopic (exact) mass is 169 g/mol. The molecular formula is C3H7NO5S. The number of hydrogen-bond acceptors (Lipinski definition) is 4. The average molecular weight is 169 g/mol. The van der Waals surface area contributed by atoms with E-state index >= 15 is 0 Å². The van der Waals surface area contributed by atoms with Gasteiger partial charge < -0.3 is 10.3 Å². The largest absolute Gasteiger partial charge is 0.481 e. The van der Waals surface area contributed by atoms with Gasteiger partial charge in [-0.05, 0) is 0 Å². The molecule has 0 atom stereocenters. The van der Waals surface area contributed by atoms with Crippen LogP contribution in [0.25, 0.3) is 0 Å². The van der Waals surface area contributed by atoms with Gasteiger partial charge in [0.2, 0.25) is 10.0 Å². The molecule has 0 aromatic heterocycles. The van der Waals surface area contributed by atoms with Gasteiger partial charge in [0.1, 0.15) is 0 Å². The van der Waals surface area contributed by atoms with Crippen LogP contribution in [0.1, 0.15) is 6.42 Å². The van der Waals surface area contributed by atoms with Crippen molar-refractivity contribution in [3.05, 3.63) is 0 Å². The first-order chi connectivity index (χ1) is 4.48. The van der Waals surface area contributed by atoms with Crippen LogP contribution in [-0.2, 0) is 14.8 Å². The predicted molar refractivity (Wildman–Crippen MR) is 31.0 cm³/mol. The van der Waals surface area contributed by atoms with Gasteiger partial charge in [-0.3, -0.25) is 4.79 Å². The van der Waals surface area contributed by atoms with Crippen LogP contribution in [0.15, 0.2) is 0 Å². The fourth-order valence-electron chi connectivity index (χ4n) is 0.267. The lowest BCUT2D eigenvalue weighted by molar-refractivity contribution is -0.136. The highest BCUT2D eigenvalue weighted by Crippen LogP contribution is 1.86. The molecule has 3 N–H and O–H groups in total. The molecule has 0 aromatic carbocycles.